The molecule has 0 radical (unpaired) electrons. The maximum absolute atomic E-state index is 9.44. The third-order valence-corrected chi connectivity index (χ3v) is 3.24. The van der Waals surface area contributed by atoms with Gasteiger partial charge in [0, 0.05) is 18.0 Å². The van der Waals surface area contributed by atoms with Crippen molar-refractivity contribution >= 4 is 17.6 Å². The van der Waals surface area contributed by atoms with Crippen molar-refractivity contribution in [3.05, 3.63) is 6.07 Å². The summed E-state index contributed by atoms with van der Waals surface area (Å²) in [5, 5.41) is 12.6. The van der Waals surface area contributed by atoms with E-state index in [1.54, 1.807) is 6.07 Å². The zero-order valence-electron chi connectivity index (χ0n) is 10.4. The lowest BCUT2D eigenvalue weighted by Crippen LogP contribution is -2.32. The number of nitrogens with zero attached hydrogens (tertiary/aromatic N) is 2. The number of aliphatic hydroxyl groups is 1. The largest absolute Gasteiger partial charge is 0.396 e. The summed E-state index contributed by atoms with van der Waals surface area (Å²) in [6, 6.07) is 1.63. The first-order valence-electron chi connectivity index (χ1n) is 5.80. The van der Waals surface area contributed by atoms with Crippen LogP contribution in [0.1, 0.15) is 26.7 Å². The van der Waals surface area contributed by atoms with Crippen LogP contribution in [0.15, 0.2) is 6.07 Å². The highest BCUT2D eigenvalue weighted by Gasteiger charge is 2.25. The van der Waals surface area contributed by atoms with Crippen molar-refractivity contribution in [2.24, 2.45) is 5.41 Å². The first-order chi connectivity index (χ1) is 8.05. The molecule has 0 aliphatic rings. The molecule has 0 saturated carbocycles. The number of hydrogen-bond donors (Lipinski definition) is 4. The lowest BCUT2D eigenvalue weighted by atomic mass is 9.83. The molecular weight excluding hydrogens is 218 g/mol. The summed E-state index contributed by atoms with van der Waals surface area (Å²) in [5.41, 5.74) is 10.9. The van der Waals surface area contributed by atoms with E-state index in [-0.39, 0.29) is 18.0 Å². The predicted octanol–water partition coefficient (Wildman–Crippen LogP) is 0.852. The summed E-state index contributed by atoms with van der Waals surface area (Å²) in [4.78, 5) is 7.83. The van der Waals surface area contributed by atoms with E-state index in [9.17, 15) is 5.11 Å². The van der Waals surface area contributed by atoms with Gasteiger partial charge in [0.1, 0.15) is 11.6 Å². The Morgan fingerprint density at radius 2 is 1.94 bits per heavy atom. The summed E-state index contributed by atoms with van der Waals surface area (Å²) < 4.78 is 0. The van der Waals surface area contributed by atoms with Gasteiger partial charge in [-0.1, -0.05) is 13.8 Å². The van der Waals surface area contributed by atoms with Crippen molar-refractivity contribution in [3.8, 4) is 0 Å². The predicted molar refractivity (Wildman–Crippen MR) is 69.4 cm³/mol. The number of nitrogens with one attached hydrogen (secondary N) is 1. The van der Waals surface area contributed by atoms with E-state index in [1.807, 2.05) is 0 Å². The molecule has 0 atom stereocenters. The molecule has 6 N–H and O–H groups in total. The molecule has 0 amide bonds. The second-order valence-corrected chi connectivity index (χ2v) is 4.26. The van der Waals surface area contributed by atoms with Gasteiger partial charge < -0.3 is 21.9 Å². The molecular formula is C11H21N5O. The quantitative estimate of drug-likeness (QED) is 0.586. The number of nitrogen functional groups attached to an aromatic ring is 2. The average molecular weight is 239 g/mol. The number of rotatable bonds is 6. The number of aliphatic hydroxyl groups excluding tert-OH is 1. The summed E-state index contributed by atoms with van der Waals surface area (Å²) in [7, 11) is 0. The Balaban J connectivity index is 2.71. The van der Waals surface area contributed by atoms with Crippen LogP contribution in [0.2, 0.25) is 0 Å². The van der Waals surface area contributed by atoms with E-state index in [1.165, 1.54) is 0 Å². The van der Waals surface area contributed by atoms with Gasteiger partial charge in [0.25, 0.3) is 0 Å². The van der Waals surface area contributed by atoms with Gasteiger partial charge in [-0.2, -0.15) is 9.97 Å². The van der Waals surface area contributed by atoms with Gasteiger partial charge in [0.05, 0.1) is 6.61 Å². The molecule has 1 rings (SSSR count). The Morgan fingerprint density at radius 3 is 2.41 bits per heavy atom. The first-order valence-corrected chi connectivity index (χ1v) is 5.80. The highest BCUT2D eigenvalue weighted by molar-refractivity contribution is 5.48. The second-order valence-electron chi connectivity index (χ2n) is 4.26. The topological polar surface area (TPSA) is 110 Å². The van der Waals surface area contributed by atoms with Crippen LogP contribution in [0, 0.1) is 5.41 Å². The van der Waals surface area contributed by atoms with Crippen LogP contribution in [0.4, 0.5) is 17.6 Å². The standard InChI is InChI=1S/C11H21N5O/c1-3-11(4-2,7-17)6-14-9-5-8(12)15-10(13)16-9/h5,17H,3-4,6-7H2,1-2H3,(H5,12,13,14,15,16). The Kier molecular flexibility index (Phi) is 4.51. The molecule has 0 aliphatic carbocycles. The highest BCUT2D eigenvalue weighted by Crippen LogP contribution is 2.26. The van der Waals surface area contributed by atoms with Crippen LogP contribution in [-0.2, 0) is 0 Å². The first kappa shape index (κ1) is 13.5. The van der Waals surface area contributed by atoms with Crippen molar-refractivity contribution in [2.45, 2.75) is 26.7 Å². The minimum Gasteiger partial charge on any atom is -0.396 e. The van der Waals surface area contributed by atoms with Gasteiger partial charge >= 0.3 is 0 Å². The Hall–Kier alpha value is -1.56. The van der Waals surface area contributed by atoms with E-state index >= 15 is 0 Å². The molecule has 17 heavy (non-hydrogen) atoms. The van der Waals surface area contributed by atoms with E-state index in [4.69, 9.17) is 11.5 Å². The zero-order valence-corrected chi connectivity index (χ0v) is 10.4. The van der Waals surface area contributed by atoms with Gasteiger partial charge in [-0.15, -0.1) is 0 Å². The maximum atomic E-state index is 9.44. The number of aromatic nitrogens is 2. The van der Waals surface area contributed by atoms with Gasteiger partial charge in [-0.3, -0.25) is 0 Å². The molecule has 0 spiro atoms. The van der Waals surface area contributed by atoms with Crippen LogP contribution in [0.3, 0.4) is 0 Å². The highest BCUT2D eigenvalue weighted by atomic mass is 16.3. The van der Waals surface area contributed by atoms with Gasteiger partial charge in [-0.05, 0) is 12.8 Å². The molecule has 6 heteroatoms. The summed E-state index contributed by atoms with van der Waals surface area (Å²) in [5.74, 6) is 1.08. The molecule has 1 aromatic heterocycles. The normalized spacial score (nSPS) is 11.5. The van der Waals surface area contributed by atoms with Crippen LogP contribution in [0.5, 0.6) is 0 Å². The summed E-state index contributed by atoms with van der Waals surface area (Å²) in [6.07, 6.45) is 1.78. The Bertz CT molecular complexity index is 336. The number of anilines is 3. The van der Waals surface area contributed by atoms with Crippen LogP contribution >= 0.6 is 0 Å². The molecule has 0 fully saturated rings. The number of nitrogens with two attached hydrogens (primary N) is 2. The molecule has 96 valence electrons. The molecule has 1 aromatic rings. The van der Waals surface area contributed by atoms with Crippen molar-refractivity contribution in [3.63, 3.8) is 0 Å². The Morgan fingerprint density at radius 1 is 1.29 bits per heavy atom. The smallest absolute Gasteiger partial charge is 0.223 e. The van der Waals surface area contributed by atoms with Crippen molar-refractivity contribution in [1.82, 2.24) is 9.97 Å². The van der Waals surface area contributed by atoms with Crippen LogP contribution in [-0.4, -0.2) is 28.2 Å². The van der Waals surface area contributed by atoms with E-state index in [0.29, 0.717) is 18.2 Å². The fraction of sp³-hybridized carbons (Fsp3) is 0.636. The molecule has 0 unspecified atom stereocenters. The van der Waals surface area contributed by atoms with E-state index in [0.717, 1.165) is 12.8 Å². The third-order valence-electron chi connectivity index (χ3n) is 3.24. The monoisotopic (exact) mass is 239 g/mol. The van der Waals surface area contributed by atoms with Gasteiger partial charge in [0.15, 0.2) is 0 Å². The second kappa shape index (κ2) is 5.67. The lowest BCUT2D eigenvalue weighted by Gasteiger charge is -2.29. The van der Waals surface area contributed by atoms with Crippen LogP contribution < -0.4 is 16.8 Å². The zero-order chi connectivity index (χ0) is 12.9. The van der Waals surface area contributed by atoms with Crippen LogP contribution in [0.25, 0.3) is 0 Å². The van der Waals surface area contributed by atoms with Crippen molar-refractivity contribution in [2.75, 3.05) is 29.9 Å². The molecule has 0 saturated heterocycles. The third kappa shape index (κ3) is 3.45. The SMILES string of the molecule is CCC(CC)(CO)CNc1cc(N)nc(N)n1. The molecule has 0 aliphatic heterocycles. The Labute approximate surface area is 101 Å². The molecule has 0 bridgehead atoms. The van der Waals surface area contributed by atoms with Gasteiger partial charge in [-0.25, -0.2) is 0 Å². The average Bonchev–Trinajstić information content (AvgIpc) is 2.30. The minimum absolute atomic E-state index is 0.130. The maximum Gasteiger partial charge on any atom is 0.223 e. The van der Waals surface area contributed by atoms with E-state index in [2.05, 4.69) is 29.1 Å². The lowest BCUT2D eigenvalue weighted by molar-refractivity contribution is 0.127. The fourth-order valence-corrected chi connectivity index (χ4v) is 1.63. The van der Waals surface area contributed by atoms with Crippen molar-refractivity contribution in [1.29, 1.82) is 0 Å². The molecule has 1 heterocycles. The minimum atomic E-state index is -0.130. The number of hydrogen-bond acceptors (Lipinski definition) is 6. The molecule has 0 aromatic carbocycles. The summed E-state index contributed by atoms with van der Waals surface area (Å²) in [6.45, 7) is 4.89. The van der Waals surface area contributed by atoms with E-state index < -0.39 is 0 Å². The van der Waals surface area contributed by atoms with Gasteiger partial charge in [0.2, 0.25) is 5.95 Å². The van der Waals surface area contributed by atoms with Crippen molar-refractivity contribution < 1.29 is 5.11 Å². The molecule has 6 nitrogen and oxygen atoms in total. The summed E-state index contributed by atoms with van der Waals surface area (Å²) >= 11 is 0. The fourth-order valence-electron chi connectivity index (χ4n) is 1.63.